The Morgan fingerprint density at radius 3 is 2.43 bits per heavy atom. The molecule has 1 N–H and O–H groups in total. The van der Waals surface area contributed by atoms with E-state index in [1.54, 1.807) is 12.4 Å². The topological polar surface area (TPSA) is 114 Å². The Kier molecular flexibility index (Phi) is 6.56. The van der Waals surface area contributed by atoms with Crippen molar-refractivity contribution >= 4 is 11.9 Å². The van der Waals surface area contributed by atoms with Crippen LogP contribution in [0.3, 0.4) is 0 Å². The number of nitrogens with zero attached hydrogens (tertiary/aromatic N) is 5. The number of halogens is 2. The van der Waals surface area contributed by atoms with Crippen molar-refractivity contribution in [3.05, 3.63) is 47.6 Å². The van der Waals surface area contributed by atoms with E-state index >= 15 is 0 Å². The van der Waals surface area contributed by atoms with Crippen molar-refractivity contribution in [1.82, 2.24) is 20.1 Å². The van der Waals surface area contributed by atoms with Gasteiger partial charge in [-0.25, -0.2) is 23.5 Å². The number of rotatable bonds is 9. The molecule has 0 radical (unpaired) electrons. The van der Waals surface area contributed by atoms with Gasteiger partial charge in [-0.1, -0.05) is 5.16 Å². The van der Waals surface area contributed by atoms with Crippen LogP contribution >= 0.6 is 0 Å². The van der Waals surface area contributed by atoms with Gasteiger partial charge in [0.05, 0.1) is 12.2 Å². The summed E-state index contributed by atoms with van der Waals surface area (Å²) >= 11 is 0. The van der Waals surface area contributed by atoms with Crippen LogP contribution < -0.4 is 9.64 Å². The molecule has 1 saturated carbocycles. The van der Waals surface area contributed by atoms with Gasteiger partial charge in [-0.2, -0.15) is 4.98 Å². The molecule has 1 aliphatic heterocycles. The molecule has 1 saturated heterocycles. The molecule has 11 heteroatoms. The fourth-order valence-corrected chi connectivity index (χ4v) is 4.27. The third-order valence-corrected chi connectivity index (χ3v) is 6.42. The maximum Gasteiger partial charge on any atom is 0.341 e. The molecule has 0 unspecified atom stereocenters. The lowest BCUT2D eigenvalue weighted by Gasteiger charge is -2.32. The first-order chi connectivity index (χ1) is 17.0. The number of carbonyl (C=O) groups is 1. The molecular formula is C24H25F2N5O4. The van der Waals surface area contributed by atoms with Crippen LogP contribution in [0.1, 0.15) is 60.7 Å². The summed E-state index contributed by atoms with van der Waals surface area (Å²) < 4.78 is 38.2. The fraction of sp³-hybridized carbons (Fsp3) is 0.458. The van der Waals surface area contributed by atoms with Gasteiger partial charge in [0.25, 0.3) is 0 Å². The number of carboxylic acids is 1. The molecule has 0 bridgehead atoms. The second-order valence-electron chi connectivity index (χ2n) is 8.99. The molecule has 1 aliphatic carbocycles. The average Bonchev–Trinajstić information content (AvgIpc) is 3.58. The Labute approximate surface area is 200 Å². The van der Waals surface area contributed by atoms with E-state index in [-0.39, 0.29) is 5.75 Å². The smallest absolute Gasteiger partial charge is 0.341 e. The van der Waals surface area contributed by atoms with Gasteiger partial charge in [-0.15, -0.1) is 0 Å². The van der Waals surface area contributed by atoms with Crippen molar-refractivity contribution < 1.29 is 27.9 Å². The van der Waals surface area contributed by atoms with Crippen molar-refractivity contribution in [2.45, 2.75) is 44.4 Å². The van der Waals surface area contributed by atoms with E-state index in [1.807, 2.05) is 0 Å². The average molecular weight is 485 g/mol. The summed E-state index contributed by atoms with van der Waals surface area (Å²) in [6, 6.07) is 1.81. The molecule has 9 nitrogen and oxygen atoms in total. The minimum absolute atomic E-state index is 0.00926. The molecule has 5 rings (SSSR count). The minimum Gasteiger partial charge on any atom is -0.493 e. The van der Waals surface area contributed by atoms with Crippen LogP contribution in [-0.4, -0.2) is 50.9 Å². The first kappa shape index (κ1) is 23.1. The third kappa shape index (κ3) is 5.39. The van der Waals surface area contributed by atoms with Gasteiger partial charge >= 0.3 is 5.97 Å². The van der Waals surface area contributed by atoms with Crippen molar-refractivity contribution in [2.75, 3.05) is 24.6 Å². The zero-order chi connectivity index (χ0) is 24.4. The molecule has 0 atom stereocenters. The van der Waals surface area contributed by atoms with Crippen molar-refractivity contribution in [2.24, 2.45) is 5.92 Å². The lowest BCUT2D eigenvalue weighted by molar-refractivity contribution is 0.0686. The van der Waals surface area contributed by atoms with Gasteiger partial charge in [0, 0.05) is 43.5 Å². The number of aromatic nitrogens is 4. The normalized spacial score (nSPS) is 16.5. The molecule has 2 fully saturated rings. The van der Waals surface area contributed by atoms with Gasteiger partial charge in [-0.05, 0) is 44.4 Å². The predicted octanol–water partition coefficient (Wildman–Crippen LogP) is 4.46. The Morgan fingerprint density at radius 2 is 1.80 bits per heavy atom. The molecular weight excluding hydrogens is 460 g/mol. The summed E-state index contributed by atoms with van der Waals surface area (Å²) in [5.41, 5.74) is -0.239. The van der Waals surface area contributed by atoms with Crippen LogP contribution in [0.25, 0.3) is 11.4 Å². The van der Waals surface area contributed by atoms with Crippen LogP contribution in [0.5, 0.6) is 5.75 Å². The van der Waals surface area contributed by atoms with Crippen LogP contribution in [0.4, 0.5) is 14.7 Å². The third-order valence-electron chi connectivity index (χ3n) is 6.42. The number of piperidine rings is 1. The molecule has 1 aromatic carbocycles. The fourth-order valence-electron chi connectivity index (χ4n) is 4.27. The monoisotopic (exact) mass is 485 g/mol. The van der Waals surface area contributed by atoms with Crippen LogP contribution in [-0.2, 0) is 0 Å². The Balaban J connectivity index is 1.05. The van der Waals surface area contributed by atoms with Gasteiger partial charge in [-0.3, -0.25) is 0 Å². The maximum absolute atomic E-state index is 13.8. The maximum atomic E-state index is 13.8. The number of carboxylic acid groups (broad SMARTS) is 1. The number of hydrogen-bond acceptors (Lipinski definition) is 8. The summed E-state index contributed by atoms with van der Waals surface area (Å²) in [4.78, 5) is 26.4. The predicted molar refractivity (Wildman–Crippen MR) is 120 cm³/mol. The minimum atomic E-state index is -1.64. The Hall–Kier alpha value is -3.63. The molecule has 2 aromatic heterocycles. The summed E-state index contributed by atoms with van der Waals surface area (Å²) in [6.45, 7) is 1.98. The van der Waals surface area contributed by atoms with Gasteiger partial charge < -0.3 is 19.3 Å². The SMILES string of the molecule is O=C(O)c1c(F)cc(OCCCC2CCN(c3ncc(-c4noc(C5CC5)n4)cn3)CC2)cc1F. The highest BCUT2D eigenvalue weighted by atomic mass is 19.1. The molecule has 0 amide bonds. The number of ether oxygens (including phenoxy) is 1. The second-order valence-corrected chi connectivity index (χ2v) is 8.99. The highest BCUT2D eigenvalue weighted by molar-refractivity contribution is 5.88. The number of aromatic carboxylic acids is 1. The van der Waals surface area contributed by atoms with Crippen molar-refractivity contribution in [3.63, 3.8) is 0 Å². The summed E-state index contributed by atoms with van der Waals surface area (Å²) in [5, 5.41) is 12.8. The van der Waals surface area contributed by atoms with E-state index in [9.17, 15) is 13.6 Å². The lowest BCUT2D eigenvalue weighted by Crippen LogP contribution is -2.34. The Morgan fingerprint density at radius 1 is 1.11 bits per heavy atom. The highest BCUT2D eigenvalue weighted by Crippen LogP contribution is 2.39. The number of hydrogen-bond donors (Lipinski definition) is 1. The van der Waals surface area contributed by atoms with Crippen molar-refractivity contribution in [3.8, 4) is 17.1 Å². The van der Waals surface area contributed by atoms with E-state index in [0.717, 1.165) is 69.3 Å². The largest absolute Gasteiger partial charge is 0.493 e. The van der Waals surface area contributed by atoms with E-state index in [4.69, 9.17) is 14.4 Å². The van der Waals surface area contributed by atoms with Gasteiger partial charge in [0.1, 0.15) is 22.9 Å². The quantitative estimate of drug-likeness (QED) is 0.439. The van der Waals surface area contributed by atoms with Gasteiger partial charge in [0.15, 0.2) is 0 Å². The molecule has 184 valence electrons. The lowest BCUT2D eigenvalue weighted by atomic mass is 9.92. The van der Waals surface area contributed by atoms with Crippen LogP contribution in [0.15, 0.2) is 29.0 Å². The summed E-state index contributed by atoms with van der Waals surface area (Å²) in [5.74, 6) is -1.15. The van der Waals surface area contributed by atoms with E-state index in [2.05, 4.69) is 25.0 Å². The van der Waals surface area contributed by atoms with Gasteiger partial charge in [0.2, 0.25) is 17.7 Å². The number of anilines is 1. The first-order valence-corrected chi connectivity index (χ1v) is 11.7. The summed E-state index contributed by atoms with van der Waals surface area (Å²) in [7, 11) is 0. The first-order valence-electron chi connectivity index (χ1n) is 11.7. The standard InChI is InChI=1S/C24H25F2N5O4/c25-18-10-17(11-19(26)20(18)23(32)33)34-9-1-2-14-5-7-31(8-6-14)24-27-12-16(13-28-24)21-29-22(35-30-21)15-3-4-15/h10-15H,1-9H2,(H,32,33). The Bertz CT molecular complexity index is 1170. The summed E-state index contributed by atoms with van der Waals surface area (Å²) in [6.07, 6.45) is 9.27. The molecule has 35 heavy (non-hydrogen) atoms. The van der Waals surface area contributed by atoms with E-state index < -0.39 is 23.2 Å². The van der Waals surface area contributed by atoms with E-state index in [1.165, 1.54) is 0 Å². The number of benzene rings is 1. The second kappa shape index (κ2) is 9.93. The van der Waals surface area contributed by atoms with Crippen molar-refractivity contribution in [1.29, 1.82) is 0 Å². The molecule has 2 aliphatic rings. The van der Waals surface area contributed by atoms with E-state index in [0.29, 0.717) is 36.1 Å². The zero-order valence-corrected chi connectivity index (χ0v) is 19.0. The molecule has 3 heterocycles. The zero-order valence-electron chi connectivity index (χ0n) is 19.0. The molecule has 0 spiro atoms. The van der Waals surface area contributed by atoms with Crippen LogP contribution in [0.2, 0.25) is 0 Å². The highest BCUT2D eigenvalue weighted by Gasteiger charge is 2.30. The molecule has 3 aromatic rings. The van der Waals surface area contributed by atoms with Crippen LogP contribution in [0, 0.1) is 17.6 Å².